The minimum atomic E-state index is -1.11. The van der Waals surface area contributed by atoms with E-state index in [1.807, 2.05) is 0 Å². The molecule has 1 aliphatic rings. The maximum absolute atomic E-state index is 10.6. The number of benzene rings is 3. The number of carboxylic acid groups (broad SMARTS) is 2. The second-order valence-electron chi connectivity index (χ2n) is 7.49. The molecule has 0 saturated heterocycles. The summed E-state index contributed by atoms with van der Waals surface area (Å²) in [6.45, 7) is 3.87. The minimum Gasteiger partial charge on any atom is -0.478 e. The van der Waals surface area contributed by atoms with E-state index in [1.54, 1.807) is 11.1 Å². The van der Waals surface area contributed by atoms with Gasteiger partial charge in [0.1, 0.15) is 0 Å². The third-order valence-electron chi connectivity index (χ3n) is 5.52. The molecule has 3 aromatic carbocycles. The fourth-order valence-electron chi connectivity index (χ4n) is 3.86. The number of carbonyl (C=O) groups is 2. The maximum Gasteiger partial charge on any atom is 0.335 e. The summed E-state index contributed by atoms with van der Waals surface area (Å²) in [5, 5.41) is 17.4. The zero-order chi connectivity index (χ0) is 21.8. The van der Waals surface area contributed by atoms with Crippen molar-refractivity contribution in [3.8, 4) is 11.1 Å². The molecular formula is C25H23HfO4. The summed E-state index contributed by atoms with van der Waals surface area (Å²) in [5.41, 5.74) is 6.37. The smallest absolute Gasteiger partial charge is 0.335 e. The third kappa shape index (κ3) is 4.62. The van der Waals surface area contributed by atoms with Crippen molar-refractivity contribution >= 4 is 11.9 Å². The van der Waals surface area contributed by atoms with E-state index < -0.39 is 11.9 Å². The molecule has 0 saturated carbocycles. The molecule has 151 valence electrons. The van der Waals surface area contributed by atoms with E-state index in [2.05, 4.69) is 55.5 Å². The Balaban J connectivity index is 0.000000178. The summed E-state index contributed by atoms with van der Waals surface area (Å²) in [4.78, 5) is 21.2. The molecule has 2 atom stereocenters. The summed E-state index contributed by atoms with van der Waals surface area (Å²) in [6.07, 6.45) is 1.26. The van der Waals surface area contributed by atoms with Crippen molar-refractivity contribution in [3.05, 3.63) is 94.5 Å². The molecule has 0 spiro atoms. The fourth-order valence-corrected chi connectivity index (χ4v) is 5.25. The van der Waals surface area contributed by atoms with Crippen molar-refractivity contribution < 1.29 is 44.2 Å². The third-order valence-corrected chi connectivity index (χ3v) is 8.68. The van der Waals surface area contributed by atoms with Crippen molar-refractivity contribution in [1.29, 1.82) is 0 Å². The minimum absolute atomic E-state index is 0.0277. The molecule has 4 rings (SSSR count). The molecule has 0 amide bonds. The van der Waals surface area contributed by atoms with E-state index in [0.717, 1.165) is 9.59 Å². The van der Waals surface area contributed by atoms with E-state index in [0.29, 0.717) is 0 Å². The Morgan fingerprint density at radius 2 is 1.43 bits per heavy atom. The average Bonchev–Trinajstić information content (AvgIpc) is 3.03. The Kier molecular flexibility index (Phi) is 7.03. The van der Waals surface area contributed by atoms with Crippen LogP contribution in [0.3, 0.4) is 0 Å². The topological polar surface area (TPSA) is 74.6 Å². The van der Waals surface area contributed by atoms with Gasteiger partial charge in [-0.05, 0) is 24.6 Å². The normalized spacial score (nSPS) is 16.8. The standard InChI is InChI=1S/C16H15.C9H8O4.Hf/c1-12-10-14-8-5-9-15(16(14)11-12)13-6-3-2-4-7-13;1-5-6(8(10)11)3-2-4-7(5)9(12)13;/h2-10,12H,11H2,1H3;2-4H,1H3,(H,10,11)(H,12,13);. The van der Waals surface area contributed by atoms with Gasteiger partial charge in [0, 0.05) is 0 Å². The van der Waals surface area contributed by atoms with Crippen LogP contribution in [0.25, 0.3) is 11.1 Å². The van der Waals surface area contributed by atoms with Crippen LogP contribution < -0.4 is 0 Å². The van der Waals surface area contributed by atoms with Gasteiger partial charge < -0.3 is 10.2 Å². The monoisotopic (exact) mass is 567 g/mol. The van der Waals surface area contributed by atoms with Crippen LogP contribution in [0.15, 0.2) is 66.7 Å². The Hall–Kier alpha value is -2.53. The zero-order valence-corrected chi connectivity index (χ0v) is 20.5. The van der Waals surface area contributed by atoms with Crippen LogP contribution in [0.2, 0.25) is 0 Å². The molecule has 0 radical (unpaired) electrons. The first kappa shape index (κ1) is 22.2. The van der Waals surface area contributed by atoms with Crippen LogP contribution in [0.1, 0.15) is 48.0 Å². The predicted octanol–water partition coefficient (Wildman–Crippen LogP) is 5.53. The van der Waals surface area contributed by atoms with Crippen molar-refractivity contribution in [3.63, 3.8) is 0 Å². The Morgan fingerprint density at radius 3 is 2.00 bits per heavy atom. The molecule has 5 heteroatoms. The summed E-state index contributed by atoms with van der Waals surface area (Å²) in [7, 11) is 0. The summed E-state index contributed by atoms with van der Waals surface area (Å²) < 4.78 is 0.841. The molecule has 0 aliphatic heterocycles. The molecular weight excluding hydrogens is 543 g/mol. The van der Waals surface area contributed by atoms with E-state index in [1.165, 1.54) is 67.0 Å². The Morgan fingerprint density at radius 1 is 0.867 bits per heavy atom. The SMILES string of the molecule is CC1Cc2c(-c3ccccc3)cccc2[CH]1[Hf].Cc1c(C(=O)O)cccc1C(=O)O. The van der Waals surface area contributed by atoms with Crippen LogP contribution in [-0.4, -0.2) is 22.2 Å². The van der Waals surface area contributed by atoms with Crippen LogP contribution >= 0.6 is 0 Å². The summed E-state index contributed by atoms with van der Waals surface area (Å²) in [5.74, 6) is -1.39. The molecule has 1 aliphatic carbocycles. The average molecular weight is 566 g/mol. The summed E-state index contributed by atoms with van der Waals surface area (Å²) >= 11 is 1.27. The second-order valence-corrected chi connectivity index (χ2v) is 9.72. The van der Waals surface area contributed by atoms with Crippen molar-refractivity contribution in [2.24, 2.45) is 5.92 Å². The molecule has 30 heavy (non-hydrogen) atoms. The van der Waals surface area contributed by atoms with Gasteiger partial charge in [0.2, 0.25) is 0 Å². The van der Waals surface area contributed by atoms with Crippen LogP contribution in [0, 0.1) is 12.8 Å². The first-order valence-corrected chi connectivity index (χ1v) is 11.8. The molecule has 3 aromatic rings. The van der Waals surface area contributed by atoms with Gasteiger partial charge in [-0.3, -0.25) is 0 Å². The van der Waals surface area contributed by atoms with Crippen LogP contribution in [0.4, 0.5) is 0 Å². The van der Waals surface area contributed by atoms with Crippen molar-refractivity contribution in [1.82, 2.24) is 0 Å². The first-order valence-electron chi connectivity index (χ1n) is 9.75. The number of rotatable bonds is 3. The van der Waals surface area contributed by atoms with Crippen LogP contribution in [0.5, 0.6) is 0 Å². The maximum atomic E-state index is 10.6. The van der Waals surface area contributed by atoms with Gasteiger partial charge in [-0.1, -0.05) is 6.07 Å². The quantitative estimate of drug-likeness (QED) is 0.410. The van der Waals surface area contributed by atoms with E-state index in [-0.39, 0.29) is 16.7 Å². The number of hydrogen-bond acceptors (Lipinski definition) is 2. The summed E-state index contributed by atoms with van der Waals surface area (Å²) in [6, 6.07) is 21.8. The fraction of sp³-hybridized carbons (Fsp3) is 0.200. The number of hydrogen-bond donors (Lipinski definition) is 2. The van der Waals surface area contributed by atoms with Crippen molar-refractivity contribution in [2.45, 2.75) is 23.9 Å². The molecule has 0 fully saturated rings. The first-order chi connectivity index (χ1) is 14.3. The molecule has 4 nitrogen and oxygen atoms in total. The van der Waals surface area contributed by atoms with E-state index in [9.17, 15) is 9.59 Å². The Labute approximate surface area is 191 Å². The van der Waals surface area contributed by atoms with Crippen LogP contribution in [-0.2, 0) is 30.8 Å². The van der Waals surface area contributed by atoms with E-state index >= 15 is 0 Å². The predicted molar refractivity (Wildman–Crippen MR) is 113 cm³/mol. The molecule has 2 unspecified atom stereocenters. The molecule has 0 heterocycles. The number of carboxylic acids is 2. The number of aromatic carboxylic acids is 2. The van der Waals surface area contributed by atoms with Gasteiger partial charge in [0.05, 0.1) is 11.1 Å². The van der Waals surface area contributed by atoms with Gasteiger partial charge in [-0.15, -0.1) is 0 Å². The van der Waals surface area contributed by atoms with Gasteiger partial charge in [0.25, 0.3) is 0 Å². The van der Waals surface area contributed by atoms with Gasteiger partial charge in [-0.2, -0.15) is 0 Å². The van der Waals surface area contributed by atoms with Gasteiger partial charge in [0.15, 0.2) is 0 Å². The second kappa shape index (κ2) is 9.52. The molecule has 2 N–H and O–H groups in total. The van der Waals surface area contributed by atoms with Gasteiger partial charge >= 0.3 is 130 Å². The zero-order valence-electron chi connectivity index (χ0n) is 16.9. The van der Waals surface area contributed by atoms with Gasteiger partial charge in [-0.25, -0.2) is 9.59 Å². The largest absolute Gasteiger partial charge is 0.478 e. The van der Waals surface area contributed by atoms with E-state index in [4.69, 9.17) is 10.2 Å². The Bertz CT molecular complexity index is 1040. The van der Waals surface area contributed by atoms with Crippen molar-refractivity contribution in [2.75, 3.05) is 0 Å². The molecule has 0 aromatic heterocycles. The molecule has 0 bridgehead atoms. The number of fused-ring (bicyclic) bond motifs is 1.